The van der Waals surface area contributed by atoms with Gasteiger partial charge in [-0.3, -0.25) is 4.18 Å². The van der Waals surface area contributed by atoms with Crippen LogP contribution in [0.4, 0.5) is 0 Å². The Hall–Kier alpha value is -0.610. The molecule has 0 aromatic rings. The van der Waals surface area contributed by atoms with Gasteiger partial charge in [0.25, 0.3) is 10.1 Å². The van der Waals surface area contributed by atoms with Gasteiger partial charge < -0.3 is 9.47 Å². The van der Waals surface area contributed by atoms with Gasteiger partial charge in [0.1, 0.15) is 0 Å². The van der Waals surface area contributed by atoms with Crippen molar-refractivity contribution in [3.8, 4) is 11.8 Å². The van der Waals surface area contributed by atoms with Crippen molar-refractivity contribution < 1.29 is 22.1 Å². The average Bonchev–Trinajstić information content (AvgIpc) is 2.32. The largest absolute Gasteiger partial charge is 0.353 e. The Morgan fingerprint density at radius 3 is 2.56 bits per heavy atom. The Labute approximate surface area is 109 Å². The molecule has 0 bridgehead atoms. The van der Waals surface area contributed by atoms with E-state index in [1.165, 1.54) is 0 Å². The molecule has 0 saturated carbocycles. The lowest BCUT2D eigenvalue weighted by Crippen LogP contribution is -2.22. The summed E-state index contributed by atoms with van der Waals surface area (Å²) in [7, 11) is -3.35. The maximum Gasteiger partial charge on any atom is 0.264 e. The first-order valence-electron chi connectivity index (χ1n) is 6.11. The highest BCUT2D eigenvalue weighted by atomic mass is 32.2. The topological polar surface area (TPSA) is 61.8 Å². The standard InChI is InChI=1S/C12H20O5S/c1-18(13,14)17-11-6-3-2-5-9-15-12-8-4-7-10-16-12/h12H,4-11H2,1H3. The first-order chi connectivity index (χ1) is 8.58. The van der Waals surface area contributed by atoms with Gasteiger partial charge in [-0.15, -0.1) is 11.8 Å². The smallest absolute Gasteiger partial charge is 0.264 e. The highest BCUT2D eigenvalue weighted by Crippen LogP contribution is 2.13. The van der Waals surface area contributed by atoms with Crippen molar-refractivity contribution in [2.75, 3.05) is 26.1 Å². The summed E-state index contributed by atoms with van der Waals surface area (Å²) in [6.45, 7) is 1.43. The summed E-state index contributed by atoms with van der Waals surface area (Å²) in [6.07, 6.45) is 5.20. The molecule has 104 valence electrons. The van der Waals surface area contributed by atoms with E-state index in [9.17, 15) is 8.42 Å². The molecular formula is C12H20O5S. The van der Waals surface area contributed by atoms with E-state index >= 15 is 0 Å². The molecule has 0 aliphatic carbocycles. The Kier molecular flexibility index (Phi) is 7.28. The van der Waals surface area contributed by atoms with Gasteiger partial charge in [0, 0.05) is 19.4 Å². The van der Waals surface area contributed by atoms with Crippen LogP contribution in [0.3, 0.4) is 0 Å². The monoisotopic (exact) mass is 276 g/mol. The van der Waals surface area contributed by atoms with Gasteiger partial charge in [-0.1, -0.05) is 0 Å². The fraction of sp³-hybridized carbons (Fsp3) is 0.833. The fourth-order valence-electron chi connectivity index (χ4n) is 1.50. The molecule has 1 rings (SSSR count). The van der Waals surface area contributed by atoms with Crippen LogP contribution < -0.4 is 0 Å². The first kappa shape index (κ1) is 15.4. The highest BCUT2D eigenvalue weighted by Gasteiger charge is 2.12. The van der Waals surface area contributed by atoms with Crippen molar-refractivity contribution in [2.24, 2.45) is 0 Å². The van der Waals surface area contributed by atoms with Crippen LogP contribution in [0.1, 0.15) is 32.1 Å². The Morgan fingerprint density at radius 2 is 1.94 bits per heavy atom. The predicted octanol–water partition coefficient (Wildman–Crippen LogP) is 1.29. The summed E-state index contributed by atoms with van der Waals surface area (Å²) >= 11 is 0. The number of hydrogen-bond donors (Lipinski definition) is 0. The van der Waals surface area contributed by atoms with E-state index in [1.54, 1.807) is 0 Å². The lowest BCUT2D eigenvalue weighted by atomic mass is 10.2. The molecular weight excluding hydrogens is 256 g/mol. The lowest BCUT2D eigenvalue weighted by Gasteiger charge is -2.22. The maximum atomic E-state index is 10.6. The summed E-state index contributed by atoms with van der Waals surface area (Å²) < 4.78 is 36.7. The van der Waals surface area contributed by atoms with E-state index in [4.69, 9.17) is 9.47 Å². The van der Waals surface area contributed by atoms with E-state index in [1.807, 2.05) is 0 Å². The second kappa shape index (κ2) is 8.48. The summed E-state index contributed by atoms with van der Waals surface area (Å²) in [5.41, 5.74) is 0. The summed E-state index contributed by atoms with van der Waals surface area (Å²) in [6, 6.07) is 0. The molecule has 1 aliphatic rings. The van der Waals surface area contributed by atoms with Crippen molar-refractivity contribution in [3.63, 3.8) is 0 Å². The van der Waals surface area contributed by atoms with Gasteiger partial charge >= 0.3 is 0 Å². The molecule has 1 unspecified atom stereocenters. The van der Waals surface area contributed by atoms with Crippen molar-refractivity contribution in [3.05, 3.63) is 0 Å². The summed E-state index contributed by atoms with van der Waals surface area (Å²) in [5.74, 6) is 5.74. The quantitative estimate of drug-likeness (QED) is 0.415. The molecule has 1 aliphatic heterocycles. The van der Waals surface area contributed by atoms with Crippen LogP contribution in [0.2, 0.25) is 0 Å². The molecule has 1 atom stereocenters. The molecule has 0 radical (unpaired) electrons. The van der Waals surface area contributed by atoms with Crippen LogP contribution in [0, 0.1) is 11.8 Å². The van der Waals surface area contributed by atoms with Gasteiger partial charge in [-0.2, -0.15) is 8.42 Å². The van der Waals surface area contributed by atoms with Crippen molar-refractivity contribution in [1.29, 1.82) is 0 Å². The molecule has 1 fully saturated rings. The number of hydrogen-bond acceptors (Lipinski definition) is 5. The fourth-order valence-corrected chi connectivity index (χ4v) is 1.89. The first-order valence-corrected chi connectivity index (χ1v) is 7.93. The van der Waals surface area contributed by atoms with E-state index in [0.717, 1.165) is 32.1 Å². The zero-order valence-electron chi connectivity index (χ0n) is 10.7. The van der Waals surface area contributed by atoms with Gasteiger partial charge in [0.05, 0.1) is 19.5 Å². The van der Waals surface area contributed by atoms with Crippen molar-refractivity contribution >= 4 is 10.1 Å². The minimum absolute atomic E-state index is 0.0749. The third-order valence-corrected chi connectivity index (χ3v) is 2.91. The van der Waals surface area contributed by atoms with Crippen LogP contribution >= 0.6 is 0 Å². The third-order valence-electron chi connectivity index (χ3n) is 2.32. The van der Waals surface area contributed by atoms with E-state index in [-0.39, 0.29) is 12.9 Å². The van der Waals surface area contributed by atoms with Crippen LogP contribution in [0.25, 0.3) is 0 Å². The van der Waals surface area contributed by atoms with Gasteiger partial charge in [-0.05, 0) is 19.3 Å². The van der Waals surface area contributed by atoms with Crippen LogP contribution in [-0.2, 0) is 23.8 Å². The Morgan fingerprint density at radius 1 is 1.22 bits per heavy atom. The van der Waals surface area contributed by atoms with Crippen molar-refractivity contribution in [1.82, 2.24) is 0 Å². The molecule has 1 saturated heterocycles. The second-order valence-electron chi connectivity index (χ2n) is 4.05. The van der Waals surface area contributed by atoms with Gasteiger partial charge in [0.15, 0.2) is 6.29 Å². The average molecular weight is 276 g/mol. The molecule has 18 heavy (non-hydrogen) atoms. The highest BCUT2D eigenvalue weighted by molar-refractivity contribution is 7.85. The zero-order valence-corrected chi connectivity index (χ0v) is 11.5. The minimum Gasteiger partial charge on any atom is -0.353 e. The lowest BCUT2D eigenvalue weighted by molar-refractivity contribution is -0.161. The normalized spacial score (nSPS) is 20.2. The number of rotatable bonds is 6. The van der Waals surface area contributed by atoms with E-state index < -0.39 is 10.1 Å². The Bertz CT molecular complexity index is 373. The summed E-state index contributed by atoms with van der Waals surface area (Å²) in [5, 5.41) is 0. The van der Waals surface area contributed by atoms with Crippen LogP contribution in [-0.4, -0.2) is 40.8 Å². The molecule has 0 N–H and O–H groups in total. The van der Waals surface area contributed by atoms with Crippen LogP contribution in [0.5, 0.6) is 0 Å². The third kappa shape index (κ3) is 8.48. The SMILES string of the molecule is CS(=O)(=O)OCCC#CCCOC1CCCCO1. The Balaban J connectivity index is 1.97. The molecule has 0 aromatic heterocycles. The number of ether oxygens (including phenoxy) is 2. The molecule has 5 nitrogen and oxygen atoms in total. The summed E-state index contributed by atoms with van der Waals surface area (Å²) in [4.78, 5) is 0. The molecule has 0 amide bonds. The zero-order chi connectivity index (χ0) is 13.3. The molecule has 0 spiro atoms. The predicted molar refractivity (Wildman–Crippen MR) is 67.3 cm³/mol. The van der Waals surface area contributed by atoms with Gasteiger partial charge in [-0.25, -0.2) is 0 Å². The molecule has 1 heterocycles. The minimum atomic E-state index is -3.35. The molecule has 0 aromatic carbocycles. The second-order valence-corrected chi connectivity index (χ2v) is 5.69. The maximum absolute atomic E-state index is 10.6. The van der Waals surface area contributed by atoms with E-state index in [0.29, 0.717) is 19.4 Å². The molecule has 6 heteroatoms. The van der Waals surface area contributed by atoms with Crippen molar-refractivity contribution in [2.45, 2.75) is 38.4 Å². The van der Waals surface area contributed by atoms with Crippen LogP contribution in [0.15, 0.2) is 0 Å². The van der Waals surface area contributed by atoms with E-state index in [2.05, 4.69) is 16.0 Å². The van der Waals surface area contributed by atoms with Gasteiger partial charge in [0.2, 0.25) is 0 Å².